The number of likely N-dealkylation sites (N-methyl/N-ethyl adjacent to an activating group) is 1. The Morgan fingerprint density at radius 1 is 1.33 bits per heavy atom. The molecule has 12 heavy (non-hydrogen) atoms. The van der Waals surface area contributed by atoms with E-state index in [9.17, 15) is 0 Å². The van der Waals surface area contributed by atoms with Crippen molar-refractivity contribution in [3.05, 3.63) is 0 Å². The van der Waals surface area contributed by atoms with Crippen molar-refractivity contribution >= 4 is 0 Å². The first-order chi connectivity index (χ1) is 5.77. The summed E-state index contributed by atoms with van der Waals surface area (Å²) in [5.74, 6) is 0.866. The van der Waals surface area contributed by atoms with Crippen molar-refractivity contribution in [1.82, 2.24) is 10.2 Å². The Balaban J connectivity index is 2.28. The molecular formula is C10H22N2. The van der Waals surface area contributed by atoms with E-state index in [0.717, 1.165) is 12.0 Å². The molecule has 1 aliphatic heterocycles. The minimum Gasteiger partial charge on any atom is -0.312 e. The third kappa shape index (κ3) is 2.46. The lowest BCUT2D eigenvalue weighted by molar-refractivity contribution is 0.255. The van der Waals surface area contributed by atoms with Gasteiger partial charge in [-0.15, -0.1) is 0 Å². The second kappa shape index (κ2) is 4.83. The molecule has 2 unspecified atom stereocenters. The van der Waals surface area contributed by atoms with Crippen molar-refractivity contribution in [3.8, 4) is 0 Å². The van der Waals surface area contributed by atoms with Gasteiger partial charge in [-0.1, -0.05) is 20.8 Å². The van der Waals surface area contributed by atoms with Crippen LogP contribution in [0.2, 0.25) is 0 Å². The Kier molecular flexibility index (Phi) is 4.02. The highest BCUT2D eigenvalue weighted by atomic mass is 15.1. The predicted molar refractivity (Wildman–Crippen MR) is 53.4 cm³/mol. The van der Waals surface area contributed by atoms with E-state index >= 15 is 0 Å². The minimum atomic E-state index is 0.741. The highest BCUT2D eigenvalue weighted by Crippen LogP contribution is 2.14. The van der Waals surface area contributed by atoms with Crippen molar-refractivity contribution in [2.75, 3.05) is 26.2 Å². The quantitative estimate of drug-likeness (QED) is 0.684. The molecule has 1 N–H and O–H groups in total. The maximum absolute atomic E-state index is 3.56. The molecule has 1 saturated heterocycles. The molecule has 0 aromatic carbocycles. The molecule has 0 amide bonds. The second-order valence-electron chi connectivity index (χ2n) is 3.81. The van der Waals surface area contributed by atoms with Gasteiger partial charge in [0.15, 0.2) is 0 Å². The highest BCUT2D eigenvalue weighted by molar-refractivity contribution is 4.83. The maximum Gasteiger partial charge on any atom is 0.0221 e. The SMILES string of the molecule is CCN(CC)CC1NCCC1C. The zero-order valence-electron chi connectivity index (χ0n) is 8.64. The molecule has 2 nitrogen and oxygen atoms in total. The normalized spacial score (nSPS) is 30.0. The van der Waals surface area contributed by atoms with Gasteiger partial charge in [-0.05, 0) is 32.0 Å². The number of hydrogen-bond donors (Lipinski definition) is 1. The number of rotatable bonds is 4. The zero-order valence-corrected chi connectivity index (χ0v) is 8.64. The van der Waals surface area contributed by atoms with E-state index in [0.29, 0.717) is 0 Å². The van der Waals surface area contributed by atoms with Gasteiger partial charge >= 0.3 is 0 Å². The Morgan fingerprint density at radius 3 is 2.42 bits per heavy atom. The number of hydrogen-bond acceptors (Lipinski definition) is 2. The molecular weight excluding hydrogens is 148 g/mol. The first kappa shape index (κ1) is 10.0. The Bertz CT molecular complexity index is 121. The molecule has 2 atom stereocenters. The van der Waals surface area contributed by atoms with Crippen molar-refractivity contribution in [2.24, 2.45) is 5.92 Å². The highest BCUT2D eigenvalue weighted by Gasteiger charge is 2.23. The van der Waals surface area contributed by atoms with Crippen LogP contribution in [-0.2, 0) is 0 Å². The van der Waals surface area contributed by atoms with E-state index in [1.54, 1.807) is 0 Å². The maximum atomic E-state index is 3.56. The molecule has 0 radical (unpaired) electrons. The summed E-state index contributed by atoms with van der Waals surface area (Å²) in [6, 6.07) is 0.741. The van der Waals surface area contributed by atoms with Gasteiger partial charge in [0, 0.05) is 12.6 Å². The van der Waals surface area contributed by atoms with E-state index in [1.165, 1.54) is 32.6 Å². The monoisotopic (exact) mass is 170 g/mol. The van der Waals surface area contributed by atoms with Gasteiger partial charge in [0.25, 0.3) is 0 Å². The van der Waals surface area contributed by atoms with Crippen LogP contribution in [0.15, 0.2) is 0 Å². The van der Waals surface area contributed by atoms with E-state index < -0.39 is 0 Å². The van der Waals surface area contributed by atoms with Crippen LogP contribution in [0.1, 0.15) is 27.2 Å². The fourth-order valence-electron chi connectivity index (χ4n) is 1.90. The van der Waals surface area contributed by atoms with Crippen LogP contribution < -0.4 is 5.32 Å². The lowest BCUT2D eigenvalue weighted by Crippen LogP contribution is -2.39. The summed E-state index contributed by atoms with van der Waals surface area (Å²) in [5, 5.41) is 3.56. The third-order valence-electron chi connectivity index (χ3n) is 3.04. The Labute approximate surface area is 76.3 Å². The van der Waals surface area contributed by atoms with Gasteiger partial charge in [-0.25, -0.2) is 0 Å². The largest absolute Gasteiger partial charge is 0.312 e. The second-order valence-corrected chi connectivity index (χ2v) is 3.81. The Morgan fingerprint density at radius 2 is 2.00 bits per heavy atom. The smallest absolute Gasteiger partial charge is 0.0221 e. The van der Waals surface area contributed by atoms with Crippen LogP contribution in [0, 0.1) is 5.92 Å². The van der Waals surface area contributed by atoms with Crippen molar-refractivity contribution in [3.63, 3.8) is 0 Å². The first-order valence-electron chi connectivity index (χ1n) is 5.23. The lowest BCUT2D eigenvalue weighted by Gasteiger charge is -2.24. The van der Waals surface area contributed by atoms with Crippen LogP contribution in [0.5, 0.6) is 0 Å². The fourth-order valence-corrected chi connectivity index (χ4v) is 1.90. The molecule has 1 rings (SSSR count). The molecule has 0 aromatic rings. The van der Waals surface area contributed by atoms with Gasteiger partial charge in [0.2, 0.25) is 0 Å². The first-order valence-corrected chi connectivity index (χ1v) is 5.23. The molecule has 0 saturated carbocycles. The van der Waals surface area contributed by atoms with Crippen molar-refractivity contribution < 1.29 is 0 Å². The predicted octanol–water partition coefficient (Wildman–Crippen LogP) is 1.33. The van der Waals surface area contributed by atoms with E-state index in [4.69, 9.17) is 0 Å². The molecule has 0 bridgehead atoms. The van der Waals surface area contributed by atoms with Gasteiger partial charge in [-0.2, -0.15) is 0 Å². The molecule has 72 valence electrons. The fraction of sp³-hybridized carbons (Fsp3) is 1.00. The van der Waals surface area contributed by atoms with Gasteiger partial charge in [0.1, 0.15) is 0 Å². The average Bonchev–Trinajstić information content (AvgIpc) is 2.47. The van der Waals surface area contributed by atoms with Crippen LogP contribution >= 0.6 is 0 Å². The van der Waals surface area contributed by atoms with Gasteiger partial charge in [-0.3, -0.25) is 0 Å². The zero-order chi connectivity index (χ0) is 8.97. The Hall–Kier alpha value is -0.0800. The summed E-state index contributed by atoms with van der Waals surface area (Å²) < 4.78 is 0. The van der Waals surface area contributed by atoms with Crippen molar-refractivity contribution in [1.29, 1.82) is 0 Å². The summed E-state index contributed by atoms with van der Waals surface area (Å²) in [5.41, 5.74) is 0. The van der Waals surface area contributed by atoms with Crippen LogP contribution in [0.4, 0.5) is 0 Å². The molecule has 0 aliphatic carbocycles. The average molecular weight is 170 g/mol. The molecule has 1 heterocycles. The van der Waals surface area contributed by atoms with E-state index in [1.807, 2.05) is 0 Å². The molecule has 2 heteroatoms. The van der Waals surface area contributed by atoms with Crippen LogP contribution in [0.25, 0.3) is 0 Å². The standard InChI is InChI=1S/C10H22N2/c1-4-12(5-2)8-10-9(3)6-7-11-10/h9-11H,4-8H2,1-3H3. The van der Waals surface area contributed by atoms with Crippen LogP contribution in [-0.4, -0.2) is 37.1 Å². The van der Waals surface area contributed by atoms with E-state index in [-0.39, 0.29) is 0 Å². The van der Waals surface area contributed by atoms with Gasteiger partial charge in [0.05, 0.1) is 0 Å². The van der Waals surface area contributed by atoms with Crippen LogP contribution in [0.3, 0.4) is 0 Å². The van der Waals surface area contributed by atoms with Gasteiger partial charge < -0.3 is 10.2 Å². The number of nitrogens with one attached hydrogen (secondary N) is 1. The topological polar surface area (TPSA) is 15.3 Å². The number of nitrogens with zero attached hydrogens (tertiary/aromatic N) is 1. The molecule has 0 spiro atoms. The molecule has 1 fully saturated rings. The van der Waals surface area contributed by atoms with Crippen molar-refractivity contribution in [2.45, 2.75) is 33.2 Å². The van der Waals surface area contributed by atoms with E-state index in [2.05, 4.69) is 31.0 Å². The summed E-state index contributed by atoms with van der Waals surface area (Å²) >= 11 is 0. The third-order valence-corrected chi connectivity index (χ3v) is 3.04. The summed E-state index contributed by atoms with van der Waals surface area (Å²) in [6.45, 7) is 11.6. The summed E-state index contributed by atoms with van der Waals surface area (Å²) in [4.78, 5) is 2.50. The summed E-state index contributed by atoms with van der Waals surface area (Å²) in [7, 11) is 0. The molecule has 1 aliphatic rings. The minimum absolute atomic E-state index is 0.741. The summed E-state index contributed by atoms with van der Waals surface area (Å²) in [6.07, 6.45) is 1.35. The lowest BCUT2D eigenvalue weighted by atomic mass is 10.0. The molecule has 0 aromatic heterocycles.